The highest BCUT2D eigenvalue weighted by atomic mass is 15.2. The van der Waals surface area contributed by atoms with Crippen LogP contribution in [0.1, 0.15) is 60.1 Å². The Morgan fingerprint density at radius 3 is 2.02 bits per heavy atom. The van der Waals surface area contributed by atoms with Crippen LogP contribution in [-0.2, 0) is 38.1 Å². The molecule has 9 aromatic rings. The number of para-hydroxylation sites is 2. The first-order valence-corrected chi connectivity index (χ1v) is 21.3. The second-order valence-corrected chi connectivity index (χ2v) is 17.5. The van der Waals surface area contributed by atoms with E-state index in [2.05, 4.69) is 182 Å². The summed E-state index contributed by atoms with van der Waals surface area (Å²) < 4.78 is 2.41. The van der Waals surface area contributed by atoms with E-state index in [-0.39, 0.29) is 5.41 Å². The van der Waals surface area contributed by atoms with Gasteiger partial charge < -0.3 is 9.47 Å². The minimum atomic E-state index is -0.215. The Kier molecular flexibility index (Phi) is 7.30. The number of hydrogen-bond donors (Lipinski definition) is 0. The average Bonchev–Trinajstić information content (AvgIpc) is 3.69. The van der Waals surface area contributed by atoms with Crippen molar-refractivity contribution >= 4 is 49.6 Å². The fourth-order valence-electron chi connectivity index (χ4n) is 11.2. The molecule has 58 heavy (non-hydrogen) atoms. The summed E-state index contributed by atoms with van der Waals surface area (Å²) in [5.74, 6) is 0. The van der Waals surface area contributed by atoms with Crippen molar-refractivity contribution in [2.45, 2.75) is 57.8 Å². The highest BCUT2D eigenvalue weighted by Gasteiger charge is 2.39. The standard InChI is InChI=1S/C56H46N2/c1-56(2)47-33-40(39-29-26-35-14-4-5-16-38(35)32-39)30-31-46(47)54-44-21-9-8-19-42(44)52(34-48(54)56)58(50-24-12-17-37-28-27-36-15-6-7-18-41(36)53(37)50)51-25-13-22-45-43-20-10-11-23-49(43)57(3)55(45)51/h6-13,15,17-26,29-34H,4-5,14,16,27-28H2,1-3H3. The molecular weight excluding hydrogens is 701 g/mol. The maximum Gasteiger partial charge on any atom is 0.0733 e. The van der Waals surface area contributed by atoms with E-state index < -0.39 is 0 Å². The number of aromatic nitrogens is 1. The van der Waals surface area contributed by atoms with Gasteiger partial charge in [0.05, 0.1) is 22.6 Å². The average molecular weight is 747 g/mol. The molecule has 3 aliphatic carbocycles. The number of fused-ring (bicyclic) bond motifs is 12. The SMILES string of the molecule is Cn1c2ccccc2c2cccc(N(c3cccc4c3-c3ccccc3CC4)c3cc4c(c5ccccc35)-c3ccc(-c5ccc6c(c5)CCCC6)cc3C4(C)C)c21. The van der Waals surface area contributed by atoms with Crippen LogP contribution in [0.3, 0.4) is 0 Å². The normalized spacial score (nSPS) is 14.9. The fourth-order valence-corrected chi connectivity index (χ4v) is 11.2. The van der Waals surface area contributed by atoms with E-state index in [0.29, 0.717) is 0 Å². The van der Waals surface area contributed by atoms with Gasteiger partial charge in [-0.25, -0.2) is 0 Å². The van der Waals surface area contributed by atoms with Crippen LogP contribution in [0.4, 0.5) is 17.1 Å². The second kappa shape index (κ2) is 12.6. The van der Waals surface area contributed by atoms with Crippen LogP contribution in [0, 0.1) is 0 Å². The Balaban J connectivity index is 1.14. The summed E-state index contributed by atoms with van der Waals surface area (Å²) in [6, 6.07) is 58.1. The van der Waals surface area contributed by atoms with Crippen LogP contribution in [-0.4, -0.2) is 4.57 Å². The summed E-state index contributed by atoms with van der Waals surface area (Å²) in [6.45, 7) is 4.89. The fraction of sp³-hybridized carbons (Fsp3) is 0.179. The lowest BCUT2D eigenvalue weighted by atomic mass is 9.80. The lowest BCUT2D eigenvalue weighted by Crippen LogP contribution is -2.18. The molecular formula is C56H46N2. The first kappa shape index (κ1) is 33.7. The minimum absolute atomic E-state index is 0.215. The van der Waals surface area contributed by atoms with Crippen LogP contribution in [0.2, 0.25) is 0 Å². The molecule has 0 saturated carbocycles. The Hall–Kier alpha value is -6.38. The van der Waals surface area contributed by atoms with Gasteiger partial charge in [-0.15, -0.1) is 0 Å². The monoisotopic (exact) mass is 746 g/mol. The second-order valence-electron chi connectivity index (χ2n) is 17.5. The minimum Gasteiger partial charge on any atom is -0.342 e. The molecule has 0 atom stereocenters. The van der Waals surface area contributed by atoms with E-state index in [1.54, 1.807) is 0 Å². The summed E-state index contributed by atoms with van der Waals surface area (Å²) in [5.41, 5.74) is 22.7. The summed E-state index contributed by atoms with van der Waals surface area (Å²) >= 11 is 0. The maximum absolute atomic E-state index is 2.63. The predicted molar refractivity (Wildman–Crippen MR) is 245 cm³/mol. The molecule has 0 fully saturated rings. The molecule has 1 aromatic heterocycles. The molecule has 0 radical (unpaired) electrons. The number of benzene rings is 8. The first-order chi connectivity index (χ1) is 28.5. The third-order valence-electron chi connectivity index (χ3n) is 14.0. The number of rotatable bonds is 4. The molecule has 2 heteroatoms. The van der Waals surface area contributed by atoms with Crippen molar-refractivity contribution in [3.8, 4) is 33.4 Å². The van der Waals surface area contributed by atoms with Crippen molar-refractivity contribution in [2.24, 2.45) is 7.05 Å². The van der Waals surface area contributed by atoms with Gasteiger partial charge in [0.2, 0.25) is 0 Å². The first-order valence-electron chi connectivity index (χ1n) is 21.3. The van der Waals surface area contributed by atoms with E-state index in [4.69, 9.17) is 0 Å². The van der Waals surface area contributed by atoms with Gasteiger partial charge in [-0.1, -0.05) is 135 Å². The number of nitrogens with zero attached hydrogens (tertiary/aromatic N) is 2. The van der Waals surface area contributed by atoms with E-state index in [9.17, 15) is 0 Å². The van der Waals surface area contributed by atoms with Gasteiger partial charge in [0.25, 0.3) is 0 Å². The summed E-state index contributed by atoms with van der Waals surface area (Å²) in [4.78, 5) is 2.63. The molecule has 3 aliphatic rings. The lowest BCUT2D eigenvalue weighted by Gasteiger charge is -2.34. The smallest absolute Gasteiger partial charge is 0.0733 e. The highest BCUT2D eigenvalue weighted by Crippen LogP contribution is 2.57. The van der Waals surface area contributed by atoms with Gasteiger partial charge in [-0.05, 0) is 135 Å². The van der Waals surface area contributed by atoms with E-state index in [1.165, 1.54) is 142 Å². The summed E-state index contributed by atoms with van der Waals surface area (Å²) in [7, 11) is 2.24. The van der Waals surface area contributed by atoms with Gasteiger partial charge in [0.1, 0.15) is 0 Å². The zero-order valence-electron chi connectivity index (χ0n) is 33.6. The molecule has 8 aromatic carbocycles. The molecule has 0 saturated heterocycles. The molecule has 280 valence electrons. The molecule has 0 bridgehead atoms. The van der Waals surface area contributed by atoms with E-state index in [1.807, 2.05) is 0 Å². The third kappa shape index (κ3) is 4.78. The van der Waals surface area contributed by atoms with Crippen molar-refractivity contribution in [3.05, 3.63) is 185 Å². The molecule has 2 nitrogen and oxygen atoms in total. The van der Waals surface area contributed by atoms with Gasteiger partial charge in [-0.3, -0.25) is 0 Å². The number of hydrogen-bond acceptors (Lipinski definition) is 1. The quantitative estimate of drug-likeness (QED) is 0.174. The Morgan fingerprint density at radius 1 is 0.448 bits per heavy atom. The van der Waals surface area contributed by atoms with Crippen molar-refractivity contribution in [1.29, 1.82) is 0 Å². The van der Waals surface area contributed by atoms with Gasteiger partial charge in [0, 0.05) is 39.7 Å². The van der Waals surface area contributed by atoms with Crippen LogP contribution in [0.15, 0.2) is 152 Å². The van der Waals surface area contributed by atoms with Crippen molar-refractivity contribution in [1.82, 2.24) is 4.57 Å². The zero-order chi connectivity index (χ0) is 38.7. The van der Waals surface area contributed by atoms with E-state index in [0.717, 1.165) is 12.8 Å². The molecule has 1 heterocycles. The van der Waals surface area contributed by atoms with Crippen molar-refractivity contribution in [2.75, 3.05) is 4.90 Å². The highest BCUT2D eigenvalue weighted by molar-refractivity contribution is 6.16. The van der Waals surface area contributed by atoms with Crippen LogP contribution in [0.5, 0.6) is 0 Å². The lowest BCUT2D eigenvalue weighted by molar-refractivity contribution is 0.661. The molecule has 0 aliphatic heterocycles. The Bertz CT molecular complexity index is 3170. The van der Waals surface area contributed by atoms with Crippen molar-refractivity contribution in [3.63, 3.8) is 0 Å². The molecule has 0 spiro atoms. The van der Waals surface area contributed by atoms with Gasteiger partial charge in [0.15, 0.2) is 0 Å². The van der Waals surface area contributed by atoms with E-state index >= 15 is 0 Å². The molecule has 0 unspecified atom stereocenters. The molecule has 12 rings (SSSR count). The van der Waals surface area contributed by atoms with Crippen molar-refractivity contribution < 1.29 is 0 Å². The topological polar surface area (TPSA) is 8.17 Å². The largest absolute Gasteiger partial charge is 0.342 e. The van der Waals surface area contributed by atoms with Crippen LogP contribution >= 0.6 is 0 Å². The third-order valence-corrected chi connectivity index (χ3v) is 14.0. The molecule has 0 amide bonds. The maximum atomic E-state index is 2.63. The number of anilines is 3. The number of aryl methyl sites for hydroxylation is 5. The van der Waals surface area contributed by atoms with Gasteiger partial charge in [-0.2, -0.15) is 0 Å². The molecule has 0 N–H and O–H groups in total. The van der Waals surface area contributed by atoms with Crippen LogP contribution < -0.4 is 4.90 Å². The van der Waals surface area contributed by atoms with Gasteiger partial charge >= 0.3 is 0 Å². The zero-order valence-corrected chi connectivity index (χ0v) is 33.6. The van der Waals surface area contributed by atoms with Crippen LogP contribution in [0.25, 0.3) is 66.0 Å². The summed E-state index contributed by atoms with van der Waals surface area (Å²) in [6.07, 6.45) is 7.10. The summed E-state index contributed by atoms with van der Waals surface area (Å²) in [5, 5.41) is 5.13. The predicted octanol–water partition coefficient (Wildman–Crippen LogP) is 14.6. The Labute approximate surface area is 341 Å². The Morgan fingerprint density at radius 2 is 1.12 bits per heavy atom.